The van der Waals surface area contributed by atoms with Gasteiger partial charge in [0.1, 0.15) is 28.5 Å². The summed E-state index contributed by atoms with van der Waals surface area (Å²) in [6.07, 6.45) is 6.15. The van der Waals surface area contributed by atoms with Crippen molar-refractivity contribution in [3.63, 3.8) is 0 Å². The van der Waals surface area contributed by atoms with Gasteiger partial charge in [0.15, 0.2) is 0 Å². The predicted octanol–water partition coefficient (Wildman–Crippen LogP) is 3.98. The second-order valence-corrected chi connectivity index (χ2v) is 6.70. The van der Waals surface area contributed by atoms with Crippen molar-refractivity contribution in [2.24, 2.45) is 0 Å². The molecule has 0 atom stereocenters. The van der Waals surface area contributed by atoms with Gasteiger partial charge in [0.2, 0.25) is 0 Å². The third-order valence-corrected chi connectivity index (χ3v) is 3.94. The maximum atomic E-state index is 6.22. The van der Waals surface area contributed by atoms with Gasteiger partial charge in [-0.1, -0.05) is 0 Å². The van der Waals surface area contributed by atoms with Crippen molar-refractivity contribution in [3.05, 3.63) is 23.3 Å². The van der Waals surface area contributed by atoms with Crippen LogP contribution in [0, 0.1) is 0 Å². The Balaban J connectivity index is 2.18. The molecule has 2 heterocycles. The summed E-state index contributed by atoms with van der Waals surface area (Å²) < 4.78 is 17.8. The van der Waals surface area contributed by atoms with Crippen molar-refractivity contribution < 1.29 is 14.2 Å². The number of hydrogen-bond donors (Lipinski definition) is 0. The SMILES string of the molecule is COc1cc2c(c3c1CCC(C)(C)O3)C=CC(C)(C)O2. The Hall–Kier alpha value is -1.64. The monoisotopic (exact) mass is 274 g/mol. The van der Waals surface area contributed by atoms with Gasteiger partial charge in [-0.3, -0.25) is 0 Å². The highest BCUT2D eigenvalue weighted by atomic mass is 16.5. The van der Waals surface area contributed by atoms with E-state index in [1.807, 2.05) is 19.9 Å². The van der Waals surface area contributed by atoms with Crippen molar-refractivity contribution in [1.29, 1.82) is 0 Å². The third-order valence-electron chi connectivity index (χ3n) is 3.94. The van der Waals surface area contributed by atoms with Gasteiger partial charge in [-0.25, -0.2) is 0 Å². The van der Waals surface area contributed by atoms with Gasteiger partial charge in [0.05, 0.1) is 12.7 Å². The molecule has 2 aliphatic rings. The first-order chi connectivity index (χ1) is 9.31. The molecule has 0 saturated carbocycles. The minimum Gasteiger partial charge on any atom is -0.496 e. The summed E-state index contributed by atoms with van der Waals surface area (Å²) in [5, 5.41) is 0. The van der Waals surface area contributed by atoms with Crippen LogP contribution in [0.2, 0.25) is 0 Å². The molecule has 0 amide bonds. The van der Waals surface area contributed by atoms with Crippen LogP contribution in [-0.4, -0.2) is 18.3 Å². The summed E-state index contributed by atoms with van der Waals surface area (Å²) in [4.78, 5) is 0. The van der Waals surface area contributed by atoms with Crippen LogP contribution in [-0.2, 0) is 6.42 Å². The molecule has 3 rings (SSSR count). The third kappa shape index (κ3) is 2.15. The maximum absolute atomic E-state index is 6.22. The lowest BCUT2D eigenvalue weighted by atomic mass is 9.90. The molecule has 0 radical (unpaired) electrons. The van der Waals surface area contributed by atoms with E-state index in [9.17, 15) is 0 Å². The molecule has 0 unspecified atom stereocenters. The lowest BCUT2D eigenvalue weighted by Crippen LogP contribution is -2.34. The molecule has 1 aromatic carbocycles. The van der Waals surface area contributed by atoms with E-state index in [1.54, 1.807) is 7.11 Å². The predicted molar refractivity (Wildman–Crippen MR) is 79.8 cm³/mol. The lowest BCUT2D eigenvalue weighted by Gasteiger charge is -2.37. The van der Waals surface area contributed by atoms with Crippen molar-refractivity contribution in [2.75, 3.05) is 7.11 Å². The number of hydrogen-bond acceptors (Lipinski definition) is 3. The Morgan fingerprint density at radius 1 is 1.15 bits per heavy atom. The highest BCUT2D eigenvalue weighted by Crippen LogP contribution is 2.48. The van der Waals surface area contributed by atoms with Crippen LogP contribution in [0.15, 0.2) is 12.1 Å². The number of methoxy groups -OCH3 is 1. The van der Waals surface area contributed by atoms with E-state index >= 15 is 0 Å². The average Bonchev–Trinajstić information content (AvgIpc) is 2.35. The molecule has 20 heavy (non-hydrogen) atoms. The normalized spacial score (nSPS) is 21.2. The molecule has 1 aromatic rings. The Morgan fingerprint density at radius 2 is 1.90 bits per heavy atom. The second-order valence-electron chi connectivity index (χ2n) is 6.70. The highest BCUT2D eigenvalue weighted by molar-refractivity contribution is 5.72. The zero-order valence-electron chi connectivity index (χ0n) is 12.9. The first-order valence-electron chi connectivity index (χ1n) is 7.12. The number of benzene rings is 1. The van der Waals surface area contributed by atoms with Gasteiger partial charge in [0, 0.05) is 11.6 Å². The molecule has 0 saturated heterocycles. The summed E-state index contributed by atoms with van der Waals surface area (Å²) >= 11 is 0. The summed E-state index contributed by atoms with van der Waals surface area (Å²) in [6.45, 7) is 8.34. The van der Waals surface area contributed by atoms with Crippen LogP contribution in [0.25, 0.3) is 6.08 Å². The first-order valence-corrected chi connectivity index (χ1v) is 7.12. The standard InChI is InChI=1S/C17H22O3/c1-16(2)8-7-12-14(19-16)10-13(18-5)11-6-9-17(3,4)20-15(11)12/h7-8,10H,6,9H2,1-5H3. The van der Waals surface area contributed by atoms with Crippen molar-refractivity contribution in [2.45, 2.75) is 51.7 Å². The van der Waals surface area contributed by atoms with Crippen LogP contribution in [0.5, 0.6) is 17.2 Å². The fraction of sp³-hybridized carbons (Fsp3) is 0.529. The van der Waals surface area contributed by atoms with E-state index in [1.165, 1.54) is 0 Å². The molecule has 0 aromatic heterocycles. The van der Waals surface area contributed by atoms with Crippen LogP contribution >= 0.6 is 0 Å². The number of ether oxygens (including phenoxy) is 3. The highest BCUT2D eigenvalue weighted by Gasteiger charge is 2.34. The Labute approximate surface area is 120 Å². The molecule has 3 nitrogen and oxygen atoms in total. The first kappa shape index (κ1) is 13.3. The molecule has 108 valence electrons. The van der Waals surface area contributed by atoms with Gasteiger partial charge in [-0.2, -0.15) is 0 Å². The average molecular weight is 274 g/mol. The fourth-order valence-electron chi connectivity index (χ4n) is 2.80. The second kappa shape index (κ2) is 4.18. The Kier molecular flexibility index (Phi) is 2.79. The Bertz CT molecular complexity index is 582. The van der Waals surface area contributed by atoms with Crippen LogP contribution < -0.4 is 14.2 Å². The van der Waals surface area contributed by atoms with Gasteiger partial charge in [-0.15, -0.1) is 0 Å². The largest absolute Gasteiger partial charge is 0.496 e. The van der Waals surface area contributed by atoms with Gasteiger partial charge < -0.3 is 14.2 Å². The van der Waals surface area contributed by atoms with Crippen LogP contribution in [0.1, 0.15) is 45.2 Å². The summed E-state index contributed by atoms with van der Waals surface area (Å²) in [5.74, 6) is 2.62. The molecular formula is C17H22O3. The molecule has 0 spiro atoms. The molecule has 3 heteroatoms. The van der Waals surface area contributed by atoms with Crippen molar-refractivity contribution in [3.8, 4) is 17.2 Å². The molecule has 0 N–H and O–H groups in total. The van der Waals surface area contributed by atoms with Gasteiger partial charge in [0.25, 0.3) is 0 Å². The zero-order chi connectivity index (χ0) is 14.5. The molecule has 2 aliphatic heterocycles. The van der Waals surface area contributed by atoms with Crippen LogP contribution in [0.4, 0.5) is 0 Å². The number of rotatable bonds is 1. The summed E-state index contributed by atoms with van der Waals surface area (Å²) in [6, 6.07) is 1.99. The molecule has 0 bridgehead atoms. The van der Waals surface area contributed by atoms with E-state index in [0.29, 0.717) is 0 Å². The zero-order valence-corrected chi connectivity index (χ0v) is 12.9. The van der Waals surface area contributed by atoms with E-state index in [4.69, 9.17) is 14.2 Å². The van der Waals surface area contributed by atoms with Crippen molar-refractivity contribution in [1.82, 2.24) is 0 Å². The molecule has 0 aliphatic carbocycles. The van der Waals surface area contributed by atoms with Gasteiger partial charge >= 0.3 is 0 Å². The summed E-state index contributed by atoms with van der Waals surface area (Å²) in [5.41, 5.74) is 1.75. The quantitative estimate of drug-likeness (QED) is 0.775. The maximum Gasteiger partial charge on any atom is 0.137 e. The van der Waals surface area contributed by atoms with Gasteiger partial charge in [-0.05, 0) is 52.7 Å². The Morgan fingerprint density at radius 3 is 2.60 bits per heavy atom. The molecular weight excluding hydrogens is 252 g/mol. The minimum atomic E-state index is -0.295. The van der Waals surface area contributed by atoms with E-state index < -0.39 is 0 Å². The minimum absolute atomic E-state index is 0.145. The number of fused-ring (bicyclic) bond motifs is 3. The molecule has 0 fully saturated rings. The van der Waals surface area contributed by atoms with Crippen LogP contribution in [0.3, 0.4) is 0 Å². The lowest BCUT2D eigenvalue weighted by molar-refractivity contribution is 0.0813. The smallest absolute Gasteiger partial charge is 0.137 e. The van der Waals surface area contributed by atoms with E-state index in [2.05, 4.69) is 26.0 Å². The fourth-order valence-corrected chi connectivity index (χ4v) is 2.80. The summed E-state index contributed by atoms with van der Waals surface area (Å²) in [7, 11) is 1.70. The van der Waals surface area contributed by atoms with E-state index in [0.717, 1.165) is 41.2 Å². The topological polar surface area (TPSA) is 27.7 Å². The van der Waals surface area contributed by atoms with E-state index in [-0.39, 0.29) is 11.2 Å². The van der Waals surface area contributed by atoms with Crippen molar-refractivity contribution >= 4 is 6.08 Å².